The summed E-state index contributed by atoms with van der Waals surface area (Å²) in [5.74, 6) is 1.21. The van der Waals surface area contributed by atoms with E-state index in [0.29, 0.717) is 18.3 Å². The molecule has 0 aliphatic heterocycles. The van der Waals surface area contributed by atoms with Gasteiger partial charge in [-0.1, -0.05) is 48.5 Å². The van der Waals surface area contributed by atoms with E-state index in [1.54, 1.807) is 6.92 Å². The summed E-state index contributed by atoms with van der Waals surface area (Å²) in [5, 5.41) is 11.5. The molecule has 0 unspecified atom stereocenters. The summed E-state index contributed by atoms with van der Waals surface area (Å²) >= 11 is 0. The summed E-state index contributed by atoms with van der Waals surface area (Å²) < 4.78 is 5.48. The Morgan fingerprint density at radius 3 is 2.42 bits per heavy atom. The van der Waals surface area contributed by atoms with Crippen molar-refractivity contribution in [2.24, 2.45) is 0 Å². The number of hydrogen-bond acceptors (Lipinski definition) is 4. The molecule has 0 aliphatic rings. The molecule has 1 aromatic heterocycles. The van der Waals surface area contributed by atoms with Gasteiger partial charge in [-0.2, -0.15) is 0 Å². The van der Waals surface area contributed by atoms with Crippen LogP contribution in [0.4, 0.5) is 0 Å². The second kappa shape index (κ2) is 7.41. The van der Waals surface area contributed by atoms with Crippen LogP contribution in [0.2, 0.25) is 0 Å². The van der Waals surface area contributed by atoms with Crippen LogP contribution >= 0.6 is 0 Å². The second-order valence-electron chi connectivity index (χ2n) is 6.18. The molecule has 0 aliphatic carbocycles. The van der Waals surface area contributed by atoms with Gasteiger partial charge in [0.1, 0.15) is 0 Å². The lowest BCUT2D eigenvalue weighted by Crippen LogP contribution is -2.23. The van der Waals surface area contributed by atoms with E-state index in [-0.39, 0.29) is 6.04 Å². The highest BCUT2D eigenvalue weighted by molar-refractivity contribution is 5.33. The molecular formula is C20H23N3O. The van der Waals surface area contributed by atoms with Crippen LogP contribution in [0.15, 0.2) is 52.9 Å². The van der Waals surface area contributed by atoms with E-state index in [2.05, 4.69) is 71.8 Å². The monoisotopic (exact) mass is 321 g/mol. The summed E-state index contributed by atoms with van der Waals surface area (Å²) in [7, 11) is 0. The molecule has 2 aromatic carbocycles. The molecule has 0 saturated heterocycles. The lowest BCUT2D eigenvalue weighted by atomic mass is 9.96. The second-order valence-corrected chi connectivity index (χ2v) is 6.18. The van der Waals surface area contributed by atoms with Crippen molar-refractivity contribution in [2.45, 2.75) is 39.8 Å². The number of rotatable bonds is 6. The average Bonchev–Trinajstić information content (AvgIpc) is 3.00. The molecule has 0 amide bonds. The topological polar surface area (TPSA) is 51.0 Å². The van der Waals surface area contributed by atoms with Crippen LogP contribution in [0.25, 0.3) is 0 Å². The Bertz CT molecular complexity index is 796. The van der Waals surface area contributed by atoms with E-state index in [1.165, 1.54) is 22.3 Å². The zero-order chi connectivity index (χ0) is 16.9. The summed E-state index contributed by atoms with van der Waals surface area (Å²) in [5.41, 5.74) is 5.19. The summed E-state index contributed by atoms with van der Waals surface area (Å²) in [6.07, 6.45) is 0.913. The molecule has 3 rings (SSSR count). The van der Waals surface area contributed by atoms with Gasteiger partial charge < -0.3 is 9.73 Å². The number of aryl methyl sites for hydroxylation is 3. The maximum atomic E-state index is 5.48. The first kappa shape index (κ1) is 16.4. The minimum Gasteiger partial charge on any atom is -0.424 e. The fourth-order valence-corrected chi connectivity index (χ4v) is 2.76. The third-order valence-electron chi connectivity index (χ3n) is 4.28. The highest BCUT2D eigenvalue weighted by Gasteiger charge is 2.14. The molecule has 3 aromatic rings. The number of aromatic nitrogens is 2. The number of hydrogen-bond donors (Lipinski definition) is 1. The molecule has 1 N–H and O–H groups in total. The van der Waals surface area contributed by atoms with Gasteiger partial charge in [-0.3, -0.25) is 0 Å². The largest absolute Gasteiger partial charge is 0.424 e. The van der Waals surface area contributed by atoms with Crippen molar-refractivity contribution in [1.29, 1.82) is 0 Å². The van der Waals surface area contributed by atoms with Crippen molar-refractivity contribution in [3.63, 3.8) is 0 Å². The van der Waals surface area contributed by atoms with Crippen molar-refractivity contribution in [2.75, 3.05) is 0 Å². The first-order valence-electron chi connectivity index (χ1n) is 8.25. The Morgan fingerprint density at radius 1 is 0.958 bits per heavy atom. The fraction of sp³-hybridized carbons (Fsp3) is 0.300. The molecule has 0 saturated carbocycles. The minimum atomic E-state index is 0.193. The van der Waals surface area contributed by atoms with E-state index >= 15 is 0 Å². The molecule has 4 heteroatoms. The van der Waals surface area contributed by atoms with Gasteiger partial charge in [0, 0.05) is 13.0 Å². The van der Waals surface area contributed by atoms with E-state index in [4.69, 9.17) is 4.42 Å². The van der Waals surface area contributed by atoms with Gasteiger partial charge in [0.25, 0.3) is 0 Å². The molecule has 0 fully saturated rings. The van der Waals surface area contributed by atoms with Crippen LogP contribution in [0, 0.1) is 20.8 Å². The van der Waals surface area contributed by atoms with Crippen molar-refractivity contribution >= 4 is 0 Å². The third kappa shape index (κ3) is 4.09. The van der Waals surface area contributed by atoms with Crippen LogP contribution < -0.4 is 5.32 Å². The maximum Gasteiger partial charge on any atom is 0.230 e. The van der Waals surface area contributed by atoms with Crippen molar-refractivity contribution in [3.8, 4) is 0 Å². The van der Waals surface area contributed by atoms with Crippen LogP contribution in [-0.4, -0.2) is 10.2 Å². The zero-order valence-corrected chi connectivity index (χ0v) is 14.4. The van der Waals surface area contributed by atoms with Crippen LogP contribution in [0.5, 0.6) is 0 Å². The van der Waals surface area contributed by atoms with Crippen molar-refractivity contribution in [1.82, 2.24) is 15.5 Å². The highest BCUT2D eigenvalue weighted by Crippen LogP contribution is 2.21. The first-order valence-corrected chi connectivity index (χ1v) is 8.25. The number of nitrogens with one attached hydrogen (secondary N) is 1. The molecule has 0 bridgehead atoms. The Labute approximate surface area is 142 Å². The van der Waals surface area contributed by atoms with Crippen LogP contribution in [0.1, 0.15) is 40.1 Å². The Morgan fingerprint density at radius 2 is 1.75 bits per heavy atom. The lowest BCUT2D eigenvalue weighted by Gasteiger charge is -2.20. The summed E-state index contributed by atoms with van der Waals surface area (Å²) in [6, 6.07) is 17.3. The minimum absolute atomic E-state index is 0.193. The molecule has 0 radical (unpaired) electrons. The molecule has 0 spiro atoms. The van der Waals surface area contributed by atoms with Gasteiger partial charge in [0.15, 0.2) is 0 Å². The molecule has 124 valence electrons. The Hall–Kier alpha value is -2.46. The van der Waals surface area contributed by atoms with Gasteiger partial charge in [0.05, 0.1) is 6.54 Å². The standard InChI is InChI=1S/C20H23N3O/c1-14-9-10-18(11-15(14)2)19(12-17-7-5-4-6-8-17)21-13-20-23-22-16(3)24-20/h4-11,19,21H,12-13H2,1-3H3/t19-/m1/s1. The smallest absolute Gasteiger partial charge is 0.230 e. The predicted octanol–water partition coefficient (Wildman–Crippen LogP) is 4.07. The van der Waals surface area contributed by atoms with Crippen molar-refractivity contribution < 1.29 is 4.42 Å². The zero-order valence-electron chi connectivity index (χ0n) is 14.4. The van der Waals surface area contributed by atoms with E-state index in [9.17, 15) is 0 Å². The summed E-state index contributed by atoms with van der Waals surface area (Å²) in [6.45, 7) is 6.66. The van der Waals surface area contributed by atoms with Crippen LogP contribution in [-0.2, 0) is 13.0 Å². The van der Waals surface area contributed by atoms with Gasteiger partial charge in [-0.25, -0.2) is 0 Å². The van der Waals surface area contributed by atoms with Gasteiger partial charge >= 0.3 is 0 Å². The SMILES string of the molecule is Cc1nnc(CN[C@H](Cc2ccccc2)c2ccc(C)c(C)c2)o1. The Kier molecular flexibility index (Phi) is 5.06. The molecule has 1 atom stereocenters. The maximum absolute atomic E-state index is 5.48. The number of benzene rings is 2. The quantitative estimate of drug-likeness (QED) is 0.743. The van der Waals surface area contributed by atoms with E-state index < -0.39 is 0 Å². The summed E-state index contributed by atoms with van der Waals surface area (Å²) in [4.78, 5) is 0. The van der Waals surface area contributed by atoms with Crippen LogP contribution in [0.3, 0.4) is 0 Å². The number of nitrogens with zero attached hydrogens (tertiary/aromatic N) is 2. The van der Waals surface area contributed by atoms with Gasteiger partial charge in [0.2, 0.25) is 11.8 Å². The van der Waals surface area contributed by atoms with Gasteiger partial charge in [-0.15, -0.1) is 10.2 Å². The van der Waals surface area contributed by atoms with Gasteiger partial charge in [-0.05, 0) is 42.5 Å². The fourth-order valence-electron chi connectivity index (χ4n) is 2.76. The molecular weight excluding hydrogens is 298 g/mol. The molecule has 1 heterocycles. The van der Waals surface area contributed by atoms with Crippen molar-refractivity contribution in [3.05, 3.63) is 82.6 Å². The lowest BCUT2D eigenvalue weighted by molar-refractivity contribution is 0.421. The average molecular weight is 321 g/mol. The highest BCUT2D eigenvalue weighted by atomic mass is 16.4. The molecule has 4 nitrogen and oxygen atoms in total. The third-order valence-corrected chi connectivity index (χ3v) is 4.28. The molecule has 24 heavy (non-hydrogen) atoms. The normalized spacial score (nSPS) is 12.3. The first-order chi connectivity index (χ1) is 11.6. The van der Waals surface area contributed by atoms with E-state index in [1.807, 2.05) is 6.07 Å². The Balaban J connectivity index is 1.80. The predicted molar refractivity (Wildman–Crippen MR) is 94.7 cm³/mol. The van der Waals surface area contributed by atoms with E-state index in [0.717, 1.165) is 6.42 Å².